The van der Waals surface area contributed by atoms with E-state index in [1.165, 1.54) is 0 Å². The maximum absolute atomic E-state index is 4.47. The fourth-order valence-electron chi connectivity index (χ4n) is 1.59. The van der Waals surface area contributed by atoms with E-state index in [9.17, 15) is 0 Å². The Labute approximate surface area is 155 Å². The van der Waals surface area contributed by atoms with Gasteiger partial charge in [0.2, 0.25) is 0 Å². The summed E-state index contributed by atoms with van der Waals surface area (Å²) in [5.74, 6) is 1.97. The molecule has 0 saturated heterocycles. The van der Waals surface area contributed by atoms with Gasteiger partial charge in [0.15, 0.2) is 0 Å². The largest absolute Gasteiger partial charge is 2.00 e. The Bertz CT molecular complexity index is 302. The first kappa shape index (κ1) is 27.3. The van der Waals surface area contributed by atoms with Crippen LogP contribution in [0, 0.1) is 0 Å². The summed E-state index contributed by atoms with van der Waals surface area (Å²) in [6.45, 7) is 22.5. The minimum absolute atomic E-state index is 0. The summed E-state index contributed by atoms with van der Waals surface area (Å²) >= 11 is 0. The van der Waals surface area contributed by atoms with Crippen LogP contribution in [0.1, 0.15) is 82.1 Å². The van der Waals surface area contributed by atoms with Crippen LogP contribution in [0.25, 0.3) is 10.6 Å². The van der Waals surface area contributed by atoms with Crippen molar-refractivity contribution in [3.8, 4) is 0 Å². The second kappa shape index (κ2) is 13.8. The van der Waals surface area contributed by atoms with Gasteiger partial charge in [-0.1, -0.05) is 94.0 Å². The molecular weight excluding hydrogens is 331 g/mol. The van der Waals surface area contributed by atoms with Crippen LogP contribution in [0.4, 0.5) is 0 Å². The second-order valence-electron chi connectivity index (χ2n) is 7.05. The molecule has 0 aliphatic heterocycles. The van der Waals surface area contributed by atoms with Crippen molar-refractivity contribution in [2.75, 3.05) is 13.1 Å². The third kappa shape index (κ3) is 21.4. The predicted molar refractivity (Wildman–Crippen MR) is 103 cm³/mol. The monoisotopic (exact) mass is 369 g/mol. The van der Waals surface area contributed by atoms with Gasteiger partial charge in [-0.25, -0.2) is 0 Å². The SMILES string of the molecule is CCN=C(CC)[N-]C(C)(C)C.CCN=C(CC)[N-]C(C)(C)C.[Co+2]. The number of amidine groups is 2. The van der Waals surface area contributed by atoms with Crippen LogP contribution in [0.2, 0.25) is 0 Å². The Morgan fingerprint density at radius 3 is 1.04 bits per heavy atom. The molecule has 0 aliphatic carbocycles. The molecule has 0 saturated carbocycles. The zero-order valence-corrected chi connectivity index (χ0v) is 18.0. The van der Waals surface area contributed by atoms with Gasteiger partial charge in [0.1, 0.15) is 0 Å². The molecule has 139 valence electrons. The van der Waals surface area contributed by atoms with E-state index in [4.69, 9.17) is 0 Å². The molecule has 0 N–H and O–H groups in total. The predicted octanol–water partition coefficient (Wildman–Crippen LogP) is 5.97. The molecule has 0 bridgehead atoms. The first-order chi connectivity index (χ1) is 9.99. The first-order valence-electron chi connectivity index (χ1n) is 8.51. The summed E-state index contributed by atoms with van der Waals surface area (Å²) in [6.07, 6.45) is 1.87. The zero-order chi connectivity index (χ0) is 17.8. The normalized spacial score (nSPS) is 12.8. The Morgan fingerprint density at radius 1 is 0.652 bits per heavy atom. The van der Waals surface area contributed by atoms with Gasteiger partial charge in [0, 0.05) is 0 Å². The summed E-state index contributed by atoms with van der Waals surface area (Å²) in [6, 6.07) is 0. The average Bonchev–Trinajstić information content (AvgIpc) is 2.35. The quantitative estimate of drug-likeness (QED) is 0.433. The van der Waals surface area contributed by atoms with Crippen LogP contribution in [0.15, 0.2) is 9.98 Å². The van der Waals surface area contributed by atoms with E-state index in [-0.39, 0.29) is 27.9 Å². The van der Waals surface area contributed by atoms with Crippen LogP contribution in [-0.4, -0.2) is 35.8 Å². The van der Waals surface area contributed by atoms with Gasteiger partial charge in [-0.05, 0) is 23.9 Å². The molecule has 5 heteroatoms. The molecule has 0 aromatic heterocycles. The van der Waals surface area contributed by atoms with Crippen molar-refractivity contribution < 1.29 is 16.8 Å². The number of hydrogen-bond acceptors (Lipinski definition) is 2. The van der Waals surface area contributed by atoms with E-state index in [0.29, 0.717) is 0 Å². The van der Waals surface area contributed by atoms with E-state index in [0.717, 1.165) is 37.6 Å². The molecule has 23 heavy (non-hydrogen) atoms. The summed E-state index contributed by atoms with van der Waals surface area (Å²) in [5.41, 5.74) is 0.0357. The molecule has 0 unspecified atom stereocenters. The maximum atomic E-state index is 4.47. The van der Waals surface area contributed by atoms with E-state index in [1.54, 1.807) is 0 Å². The number of aliphatic imine (C=N–C) groups is 2. The minimum Gasteiger partial charge on any atom is -0.470 e. The van der Waals surface area contributed by atoms with Gasteiger partial charge in [0.05, 0.1) is 0 Å². The molecule has 0 atom stereocenters. The van der Waals surface area contributed by atoms with E-state index in [1.807, 2.05) is 13.8 Å². The van der Waals surface area contributed by atoms with Gasteiger partial charge in [0.25, 0.3) is 0 Å². The summed E-state index contributed by atoms with van der Waals surface area (Å²) in [5, 5.41) is 8.93. The second-order valence-corrected chi connectivity index (χ2v) is 7.05. The fraction of sp³-hybridized carbons (Fsp3) is 0.889. The molecule has 0 heterocycles. The molecule has 0 aromatic rings. The minimum atomic E-state index is 0. The van der Waals surface area contributed by atoms with Crippen molar-refractivity contribution in [2.24, 2.45) is 9.98 Å². The Morgan fingerprint density at radius 2 is 0.913 bits per heavy atom. The standard InChI is InChI=1S/2C9H19N2.Co/c2*1-6-8(10-7-2)11-9(3,4)5;/h2*6-7H2,1-5H3;/q2*-1;+2. The van der Waals surface area contributed by atoms with E-state index < -0.39 is 0 Å². The third-order valence-corrected chi connectivity index (χ3v) is 2.24. The molecule has 4 nitrogen and oxygen atoms in total. The van der Waals surface area contributed by atoms with Gasteiger partial charge >= 0.3 is 16.8 Å². The summed E-state index contributed by atoms with van der Waals surface area (Å²) in [7, 11) is 0. The molecule has 0 aromatic carbocycles. The Kier molecular flexibility index (Phi) is 16.4. The van der Waals surface area contributed by atoms with Crippen LogP contribution in [0.3, 0.4) is 0 Å². The zero-order valence-electron chi connectivity index (χ0n) is 17.0. The number of rotatable bonds is 4. The van der Waals surface area contributed by atoms with Crippen molar-refractivity contribution >= 4 is 11.7 Å². The van der Waals surface area contributed by atoms with Crippen molar-refractivity contribution in [1.29, 1.82) is 0 Å². The van der Waals surface area contributed by atoms with Gasteiger partial charge < -0.3 is 20.6 Å². The topological polar surface area (TPSA) is 52.9 Å². The van der Waals surface area contributed by atoms with E-state index in [2.05, 4.69) is 76.0 Å². The first-order valence-corrected chi connectivity index (χ1v) is 8.51. The van der Waals surface area contributed by atoms with Crippen LogP contribution >= 0.6 is 0 Å². The summed E-state index contributed by atoms with van der Waals surface area (Å²) in [4.78, 5) is 8.56. The molecular formula is C18H38CoN4. The number of hydrogen-bond donors (Lipinski definition) is 0. The average molecular weight is 369 g/mol. The molecule has 0 amide bonds. The molecule has 0 rings (SSSR count). The summed E-state index contributed by atoms with van der Waals surface area (Å²) < 4.78 is 0. The van der Waals surface area contributed by atoms with Gasteiger partial charge in [-0.15, -0.1) is 0 Å². The van der Waals surface area contributed by atoms with Crippen molar-refractivity contribution in [1.82, 2.24) is 0 Å². The van der Waals surface area contributed by atoms with Crippen molar-refractivity contribution in [2.45, 2.75) is 93.2 Å². The Balaban J connectivity index is -0.000000333. The van der Waals surface area contributed by atoms with E-state index >= 15 is 0 Å². The maximum Gasteiger partial charge on any atom is 2.00 e. The molecule has 0 spiro atoms. The van der Waals surface area contributed by atoms with Crippen LogP contribution in [0.5, 0.6) is 0 Å². The number of nitrogens with zero attached hydrogens (tertiary/aromatic N) is 4. The van der Waals surface area contributed by atoms with Crippen molar-refractivity contribution in [3.05, 3.63) is 10.6 Å². The fourth-order valence-corrected chi connectivity index (χ4v) is 1.59. The van der Waals surface area contributed by atoms with Crippen LogP contribution < -0.4 is 0 Å². The van der Waals surface area contributed by atoms with Crippen LogP contribution in [-0.2, 0) is 16.8 Å². The third-order valence-electron chi connectivity index (χ3n) is 2.24. The van der Waals surface area contributed by atoms with Gasteiger partial charge in [-0.2, -0.15) is 0 Å². The Hall–Kier alpha value is -0.554. The molecule has 1 radical (unpaired) electrons. The van der Waals surface area contributed by atoms with Gasteiger partial charge in [-0.3, -0.25) is 0 Å². The smallest absolute Gasteiger partial charge is 0.470 e. The molecule has 0 aliphatic rings. The van der Waals surface area contributed by atoms with Crippen molar-refractivity contribution in [3.63, 3.8) is 0 Å². The molecule has 0 fully saturated rings.